The topological polar surface area (TPSA) is 84.1 Å². The van der Waals surface area contributed by atoms with E-state index in [9.17, 15) is 4.79 Å². The van der Waals surface area contributed by atoms with Crippen molar-refractivity contribution >= 4 is 17.4 Å². The lowest BCUT2D eigenvalue weighted by Gasteiger charge is -2.36. The first kappa shape index (κ1) is 16.4. The number of carbonyl (C=O) groups is 1. The molecule has 6 heteroatoms. The van der Waals surface area contributed by atoms with Crippen molar-refractivity contribution in [3.05, 3.63) is 47.8 Å². The molecular weight excluding hydrogens is 302 g/mol. The number of pyridine rings is 2. The van der Waals surface area contributed by atoms with E-state index in [1.165, 1.54) is 0 Å². The Labute approximate surface area is 146 Å². The van der Waals surface area contributed by atoms with Gasteiger partial charge in [0.25, 0.3) is 0 Å². The van der Waals surface area contributed by atoms with Crippen molar-refractivity contribution < 1.29 is 9.07 Å². The molecule has 2 aromatic rings. The van der Waals surface area contributed by atoms with Crippen molar-refractivity contribution in [1.82, 2.24) is 15.3 Å². The summed E-state index contributed by atoms with van der Waals surface area (Å²) in [6.07, 6.45) is 1.57. The molecule has 6 nitrogen and oxygen atoms in total. The second-order valence-electron chi connectivity index (χ2n) is 6.40. The number of nitrogen functional groups attached to an aromatic ring is 1. The standard InChI is InChI=1S/C18H23N5O.3H2/c1-12(2)15-11-23(10-9-20-15)16-7-3-6-14(22-16)17(24)13-5-4-8-21-18(13)19;;;/h3-8,12,15,20H,9-11H2,1-2H3,(H2,19,21);3*1H/t15-;;;/m0.../s1. The van der Waals surface area contributed by atoms with Gasteiger partial charge in [0.1, 0.15) is 17.3 Å². The van der Waals surface area contributed by atoms with E-state index in [0.717, 1.165) is 25.5 Å². The van der Waals surface area contributed by atoms with Crippen LogP contribution in [0.4, 0.5) is 11.6 Å². The Morgan fingerprint density at radius 1 is 1.38 bits per heavy atom. The summed E-state index contributed by atoms with van der Waals surface area (Å²) >= 11 is 0. The molecule has 132 valence electrons. The van der Waals surface area contributed by atoms with Crippen LogP contribution in [0.3, 0.4) is 0 Å². The van der Waals surface area contributed by atoms with Crippen LogP contribution in [-0.2, 0) is 0 Å². The van der Waals surface area contributed by atoms with Crippen molar-refractivity contribution in [3.63, 3.8) is 0 Å². The molecule has 3 N–H and O–H groups in total. The van der Waals surface area contributed by atoms with Crippen LogP contribution in [0.25, 0.3) is 0 Å². The Kier molecular flexibility index (Phi) is 4.76. The molecule has 0 radical (unpaired) electrons. The second-order valence-corrected chi connectivity index (χ2v) is 6.40. The fraction of sp³-hybridized carbons (Fsp3) is 0.389. The molecule has 0 spiro atoms. The van der Waals surface area contributed by atoms with Crippen LogP contribution in [0.2, 0.25) is 0 Å². The van der Waals surface area contributed by atoms with Gasteiger partial charge in [0, 0.05) is 36.2 Å². The normalized spacial score (nSPS) is 18.0. The highest BCUT2D eigenvalue weighted by atomic mass is 16.1. The molecule has 1 aliphatic rings. The van der Waals surface area contributed by atoms with Gasteiger partial charge >= 0.3 is 0 Å². The van der Waals surface area contributed by atoms with Crippen molar-refractivity contribution in [2.24, 2.45) is 5.92 Å². The van der Waals surface area contributed by atoms with Crippen LogP contribution in [0.1, 0.15) is 34.2 Å². The molecule has 1 aliphatic heterocycles. The molecule has 3 rings (SSSR count). The van der Waals surface area contributed by atoms with E-state index < -0.39 is 0 Å². The smallest absolute Gasteiger partial charge is 0.215 e. The average Bonchev–Trinajstić information content (AvgIpc) is 2.62. The molecule has 0 aliphatic carbocycles. The number of nitrogens with one attached hydrogen (secondary N) is 1. The fourth-order valence-corrected chi connectivity index (χ4v) is 2.91. The molecule has 0 aromatic carbocycles. The summed E-state index contributed by atoms with van der Waals surface area (Å²) in [5.41, 5.74) is 6.60. The van der Waals surface area contributed by atoms with Crippen LogP contribution in [0, 0.1) is 5.92 Å². The number of carbonyl (C=O) groups excluding carboxylic acids is 1. The molecule has 1 fully saturated rings. The van der Waals surface area contributed by atoms with E-state index >= 15 is 0 Å². The molecule has 3 heterocycles. The predicted octanol–water partition coefficient (Wildman–Crippen LogP) is 2.46. The number of nitrogens with zero attached hydrogens (tertiary/aromatic N) is 3. The molecule has 0 amide bonds. The van der Waals surface area contributed by atoms with Gasteiger partial charge in [-0.2, -0.15) is 0 Å². The van der Waals surface area contributed by atoms with Gasteiger partial charge in [-0.05, 0) is 30.2 Å². The zero-order valence-corrected chi connectivity index (χ0v) is 14.1. The highest BCUT2D eigenvalue weighted by Crippen LogP contribution is 2.19. The summed E-state index contributed by atoms with van der Waals surface area (Å²) in [4.78, 5) is 23.4. The maximum absolute atomic E-state index is 12.7. The van der Waals surface area contributed by atoms with Crippen molar-refractivity contribution in [3.8, 4) is 0 Å². The fourth-order valence-electron chi connectivity index (χ4n) is 2.91. The van der Waals surface area contributed by atoms with Gasteiger partial charge in [-0.25, -0.2) is 9.97 Å². The molecule has 1 atom stereocenters. The second kappa shape index (κ2) is 6.97. The first-order valence-electron chi connectivity index (χ1n) is 8.27. The third kappa shape index (κ3) is 3.38. The van der Waals surface area contributed by atoms with E-state index in [0.29, 0.717) is 23.2 Å². The van der Waals surface area contributed by atoms with E-state index in [2.05, 4.69) is 34.0 Å². The summed E-state index contributed by atoms with van der Waals surface area (Å²) in [7, 11) is 0. The molecule has 2 aromatic heterocycles. The number of ketones is 1. The number of nitrogens with two attached hydrogens (primary N) is 1. The lowest BCUT2D eigenvalue weighted by Crippen LogP contribution is -2.53. The number of hydrogen-bond donors (Lipinski definition) is 2. The molecular formula is C18H29N5O. The van der Waals surface area contributed by atoms with Crippen LogP contribution in [0.5, 0.6) is 0 Å². The molecule has 24 heavy (non-hydrogen) atoms. The van der Waals surface area contributed by atoms with E-state index in [1.54, 1.807) is 24.4 Å². The number of rotatable bonds is 4. The Hall–Kier alpha value is -2.47. The van der Waals surface area contributed by atoms with E-state index in [1.807, 2.05) is 12.1 Å². The first-order valence-corrected chi connectivity index (χ1v) is 8.27. The summed E-state index contributed by atoms with van der Waals surface area (Å²) in [5, 5.41) is 3.53. The summed E-state index contributed by atoms with van der Waals surface area (Å²) < 4.78 is 0. The minimum Gasteiger partial charge on any atom is -0.383 e. The molecule has 0 unspecified atom stereocenters. The van der Waals surface area contributed by atoms with Crippen molar-refractivity contribution in [1.29, 1.82) is 0 Å². The van der Waals surface area contributed by atoms with Crippen LogP contribution in [-0.4, -0.2) is 41.4 Å². The van der Waals surface area contributed by atoms with E-state index in [4.69, 9.17) is 5.73 Å². The summed E-state index contributed by atoms with van der Waals surface area (Å²) in [6, 6.07) is 9.35. The van der Waals surface area contributed by atoms with Gasteiger partial charge in [-0.1, -0.05) is 19.9 Å². The highest BCUT2D eigenvalue weighted by Gasteiger charge is 2.23. The number of anilines is 2. The first-order chi connectivity index (χ1) is 11.6. The van der Waals surface area contributed by atoms with Crippen molar-refractivity contribution in [2.45, 2.75) is 19.9 Å². The monoisotopic (exact) mass is 331 g/mol. The Balaban J connectivity index is 0.00000225. The lowest BCUT2D eigenvalue weighted by molar-refractivity contribution is 0.103. The predicted molar refractivity (Wildman–Crippen MR) is 102 cm³/mol. The maximum atomic E-state index is 12.7. The third-order valence-corrected chi connectivity index (χ3v) is 4.38. The number of piperazine rings is 1. The van der Waals surface area contributed by atoms with Gasteiger partial charge in [-0.3, -0.25) is 4.79 Å². The summed E-state index contributed by atoms with van der Waals surface area (Å²) in [5.74, 6) is 1.41. The van der Waals surface area contributed by atoms with E-state index in [-0.39, 0.29) is 15.9 Å². The lowest BCUT2D eigenvalue weighted by atomic mass is 10.0. The van der Waals surface area contributed by atoms with Gasteiger partial charge < -0.3 is 16.0 Å². The highest BCUT2D eigenvalue weighted by molar-refractivity contribution is 6.10. The number of hydrogen-bond acceptors (Lipinski definition) is 6. The van der Waals surface area contributed by atoms with Gasteiger partial charge in [0.15, 0.2) is 0 Å². The van der Waals surface area contributed by atoms with Crippen LogP contribution < -0.4 is 16.0 Å². The molecule has 0 saturated carbocycles. The van der Waals surface area contributed by atoms with Gasteiger partial charge in [0.2, 0.25) is 5.78 Å². The Morgan fingerprint density at radius 2 is 2.21 bits per heavy atom. The average molecular weight is 331 g/mol. The Bertz CT molecular complexity index is 744. The quantitative estimate of drug-likeness (QED) is 0.837. The van der Waals surface area contributed by atoms with Crippen LogP contribution >= 0.6 is 0 Å². The zero-order valence-electron chi connectivity index (χ0n) is 14.1. The zero-order chi connectivity index (χ0) is 17.1. The summed E-state index contributed by atoms with van der Waals surface area (Å²) in [6.45, 7) is 7.10. The molecule has 1 saturated heterocycles. The third-order valence-electron chi connectivity index (χ3n) is 4.38. The van der Waals surface area contributed by atoms with Crippen molar-refractivity contribution in [2.75, 3.05) is 30.3 Å². The van der Waals surface area contributed by atoms with Crippen LogP contribution in [0.15, 0.2) is 36.5 Å². The minimum atomic E-state index is -0.196. The Morgan fingerprint density at radius 3 is 2.96 bits per heavy atom. The van der Waals surface area contributed by atoms with Gasteiger partial charge in [-0.15, -0.1) is 0 Å². The number of aromatic nitrogens is 2. The molecule has 0 bridgehead atoms. The largest absolute Gasteiger partial charge is 0.383 e. The van der Waals surface area contributed by atoms with Gasteiger partial charge in [0.05, 0.1) is 5.56 Å². The SMILES string of the molecule is CC(C)[C@@H]1CN(c2cccc(C(=O)c3cccnc3N)n2)CCN1.[HH].[HH].[HH]. The maximum Gasteiger partial charge on any atom is 0.215 e. The minimum absolute atomic E-state index is 0.